The highest BCUT2D eigenvalue weighted by Gasteiger charge is 2.36. The number of aromatic nitrogens is 5. The van der Waals surface area contributed by atoms with Crippen LogP contribution in [0.3, 0.4) is 0 Å². The Bertz CT molecular complexity index is 2820. The minimum Gasteiger partial charge on any atom is -0.309 e. The first-order valence-corrected chi connectivity index (χ1v) is 16.2. The Morgan fingerprint density at radius 2 is 1.19 bits per heavy atom. The van der Waals surface area contributed by atoms with Crippen molar-refractivity contribution in [1.82, 2.24) is 23.5 Å². The van der Waals surface area contributed by atoms with Gasteiger partial charge in [-0.3, -0.25) is 8.97 Å². The Kier molecular flexibility index (Phi) is 5.39. The van der Waals surface area contributed by atoms with Crippen LogP contribution in [0.5, 0.6) is 0 Å². The van der Waals surface area contributed by atoms with Crippen molar-refractivity contribution in [1.29, 1.82) is 0 Å². The molecule has 6 aromatic carbocycles. The van der Waals surface area contributed by atoms with E-state index >= 15 is 0 Å². The highest BCUT2D eigenvalue weighted by Crippen LogP contribution is 2.51. The molecule has 0 N–H and O–H groups in total. The summed E-state index contributed by atoms with van der Waals surface area (Å²) >= 11 is 0. The van der Waals surface area contributed by atoms with Crippen LogP contribution in [0.2, 0.25) is 0 Å². The molecular formula is C42H29N5O. The van der Waals surface area contributed by atoms with E-state index in [4.69, 9.17) is 0 Å². The van der Waals surface area contributed by atoms with Crippen LogP contribution in [-0.4, -0.2) is 23.5 Å². The topological polar surface area (TPSA) is 57.1 Å². The Hall–Kier alpha value is -6.27. The summed E-state index contributed by atoms with van der Waals surface area (Å²) in [4.78, 5) is 21.9. The minimum atomic E-state index is -0.520. The second kappa shape index (κ2) is 9.62. The number of hydrogen-bond donors (Lipinski definition) is 0. The molecule has 0 atom stereocenters. The maximum atomic E-state index is 13.1. The molecule has 1 aliphatic rings. The first kappa shape index (κ1) is 26.9. The second-order valence-electron chi connectivity index (χ2n) is 13.1. The largest absolute Gasteiger partial charge is 0.372 e. The second-order valence-corrected chi connectivity index (χ2v) is 13.1. The lowest BCUT2D eigenvalue weighted by Crippen LogP contribution is -2.16. The maximum absolute atomic E-state index is 13.1. The first-order valence-electron chi connectivity index (χ1n) is 16.2. The van der Waals surface area contributed by atoms with E-state index in [1.165, 1.54) is 38.5 Å². The number of nitrogens with zero attached hydrogens (tertiary/aromatic N) is 5. The highest BCUT2D eigenvalue weighted by atomic mass is 16.1. The molecular weight excluding hydrogens is 590 g/mol. The number of hydrogen-bond acceptors (Lipinski definition) is 3. The molecule has 0 fully saturated rings. The third kappa shape index (κ3) is 3.60. The fourth-order valence-corrected chi connectivity index (χ4v) is 7.94. The van der Waals surface area contributed by atoms with Gasteiger partial charge >= 0.3 is 5.69 Å². The lowest BCUT2D eigenvalue weighted by atomic mass is 9.82. The van der Waals surface area contributed by atoms with E-state index < -0.39 is 5.69 Å². The summed E-state index contributed by atoms with van der Waals surface area (Å²) in [6.45, 7) is 4.65. The van der Waals surface area contributed by atoms with Gasteiger partial charge in [0.1, 0.15) is 0 Å². The lowest BCUT2D eigenvalue weighted by molar-refractivity contribution is 0.661. The fraction of sp³-hybridized carbons (Fsp3) is 0.0714. The van der Waals surface area contributed by atoms with Crippen molar-refractivity contribution < 1.29 is 0 Å². The minimum absolute atomic E-state index is 0.101. The average molecular weight is 620 g/mol. The molecule has 0 radical (unpaired) electrons. The van der Waals surface area contributed by atoms with Gasteiger partial charge in [0.05, 0.1) is 22.1 Å². The molecule has 9 aromatic rings. The van der Waals surface area contributed by atoms with Crippen molar-refractivity contribution in [2.24, 2.45) is 0 Å². The predicted molar refractivity (Wildman–Crippen MR) is 193 cm³/mol. The number of rotatable bonds is 3. The standard InChI is InChI=1S/C42H29N5O/c1-42(2)33-16-8-6-14-29(33)31-24-32-30-15-7-9-17-35(30)45(38(32)25-34(31)42)28-22-20-26(21-23-28)39-43-40(48)44-41-46(27-12-4-3-5-13-27)36-18-10-11-19-37(36)47(39)41/h3-25H,1-2H3. The zero-order chi connectivity index (χ0) is 32.1. The number of imidazole rings is 1. The predicted octanol–water partition coefficient (Wildman–Crippen LogP) is 9.10. The van der Waals surface area contributed by atoms with Crippen LogP contribution in [0, 0.1) is 0 Å². The molecule has 3 aromatic heterocycles. The monoisotopic (exact) mass is 619 g/mol. The highest BCUT2D eigenvalue weighted by molar-refractivity contribution is 6.11. The lowest BCUT2D eigenvalue weighted by Gasteiger charge is -2.21. The number of fused-ring (bicyclic) bond motifs is 9. The van der Waals surface area contributed by atoms with Crippen molar-refractivity contribution in [3.8, 4) is 33.9 Å². The Morgan fingerprint density at radius 3 is 2.00 bits per heavy atom. The smallest absolute Gasteiger partial charge is 0.309 e. The molecule has 48 heavy (non-hydrogen) atoms. The molecule has 6 nitrogen and oxygen atoms in total. The van der Waals surface area contributed by atoms with Crippen LogP contribution in [0.1, 0.15) is 25.0 Å². The zero-order valence-corrected chi connectivity index (χ0v) is 26.4. The molecule has 0 bridgehead atoms. The molecule has 0 unspecified atom stereocenters. The molecule has 6 heteroatoms. The van der Waals surface area contributed by atoms with E-state index in [9.17, 15) is 4.79 Å². The van der Waals surface area contributed by atoms with Gasteiger partial charge in [-0.1, -0.05) is 86.6 Å². The maximum Gasteiger partial charge on any atom is 0.372 e. The van der Waals surface area contributed by atoms with E-state index in [1.54, 1.807) is 0 Å². The van der Waals surface area contributed by atoms with Crippen molar-refractivity contribution in [2.75, 3.05) is 0 Å². The van der Waals surface area contributed by atoms with Crippen LogP contribution >= 0.6 is 0 Å². The third-order valence-electron chi connectivity index (χ3n) is 10.1. The van der Waals surface area contributed by atoms with Gasteiger partial charge in [0.15, 0.2) is 5.82 Å². The van der Waals surface area contributed by atoms with E-state index in [1.807, 2.05) is 63.6 Å². The summed E-state index contributed by atoms with van der Waals surface area (Å²) in [7, 11) is 0. The Morgan fingerprint density at radius 1 is 0.521 bits per heavy atom. The summed E-state index contributed by atoms with van der Waals surface area (Å²) in [5, 5.41) is 2.46. The normalized spacial score (nSPS) is 13.5. The molecule has 0 spiro atoms. The third-order valence-corrected chi connectivity index (χ3v) is 10.1. The number of benzene rings is 6. The van der Waals surface area contributed by atoms with E-state index in [-0.39, 0.29) is 5.41 Å². The molecule has 228 valence electrons. The summed E-state index contributed by atoms with van der Waals surface area (Å²) in [6.07, 6.45) is 0. The van der Waals surface area contributed by atoms with Gasteiger partial charge in [0, 0.05) is 33.1 Å². The average Bonchev–Trinajstić information content (AvgIpc) is 3.71. The van der Waals surface area contributed by atoms with Crippen molar-refractivity contribution in [3.05, 3.63) is 161 Å². The van der Waals surface area contributed by atoms with Crippen molar-refractivity contribution in [3.63, 3.8) is 0 Å². The Balaban J connectivity index is 1.18. The molecule has 3 heterocycles. The van der Waals surface area contributed by atoms with Gasteiger partial charge in [0.25, 0.3) is 0 Å². The van der Waals surface area contributed by atoms with Gasteiger partial charge in [-0.15, -0.1) is 0 Å². The fourth-order valence-electron chi connectivity index (χ4n) is 7.94. The van der Waals surface area contributed by atoms with Crippen molar-refractivity contribution in [2.45, 2.75) is 19.3 Å². The summed E-state index contributed by atoms with van der Waals surface area (Å²) < 4.78 is 6.37. The van der Waals surface area contributed by atoms with Gasteiger partial charge in [-0.05, 0) is 89.0 Å². The zero-order valence-electron chi connectivity index (χ0n) is 26.4. The molecule has 0 saturated heterocycles. The van der Waals surface area contributed by atoms with Gasteiger partial charge in [-0.2, -0.15) is 9.97 Å². The van der Waals surface area contributed by atoms with Crippen LogP contribution < -0.4 is 5.69 Å². The molecule has 1 aliphatic carbocycles. The Labute approximate surface area is 275 Å². The van der Waals surface area contributed by atoms with E-state index in [0.717, 1.165) is 33.5 Å². The quantitative estimate of drug-likeness (QED) is 0.198. The van der Waals surface area contributed by atoms with Crippen LogP contribution in [-0.2, 0) is 5.41 Å². The summed E-state index contributed by atoms with van der Waals surface area (Å²) in [6, 6.07) is 48.7. The molecule has 0 saturated carbocycles. The first-order chi connectivity index (χ1) is 23.5. The molecule has 0 amide bonds. The van der Waals surface area contributed by atoms with Crippen molar-refractivity contribution >= 4 is 38.6 Å². The molecule has 0 aliphatic heterocycles. The summed E-state index contributed by atoms with van der Waals surface area (Å²) in [5.74, 6) is 1.09. The van der Waals surface area contributed by atoms with Gasteiger partial charge in [0.2, 0.25) is 5.78 Å². The van der Waals surface area contributed by atoms with Crippen LogP contribution in [0.15, 0.2) is 144 Å². The number of para-hydroxylation sites is 4. The summed E-state index contributed by atoms with van der Waals surface area (Å²) in [5.41, 5.74) is 11.7. The van der Waals surface area contributed by atoms with E-state index in [0.29, 0.717) is 11.6 Å². The van der Waals surface area contributed by atoms with Gasteiger partial charge in [-0.25, -0.2) is 4.79 Å². The van der Waals surface area contributed by atoms with Gasteiger partial charge < -0.3 is 4.57 Å². The SMILES string of the molecule is CC1(C)c2ccccc2-c2cc3c4ccccc4n(-c4ccc(-c5nc(=O)nc6n(-c7ccccc7)c7ccccc7n56)cc4)c3cc21. The van der Waals surface area contributed by atoms with E-state index in [2.05, 4.69) is 113 Å². The van der Waals surface area contributed by atoms with Crippen LogP contribution in [0.4, 0.5) is 0 Å². The molecule has 10 rings (SSSR count). The van der Waals surface area contributed by atoms with Crippen LogP contribution in [0.25, 0.3) is 72.5 Å².